The van der Waals surface area contributed by atoms with Crippen LogP contribution >= 0.6 is 0 Å². The number of hydrogen-bond acceptors (Lipinski definition) is 2. The van der Waals surface area contributed by atoms with E-state index < -0.39 is 0 Å². The van der Waals surface area contributed by atoms with Gasteiger partial charge in [-0.1, -0.05) is 30.3 Å². The molecule has 2 atom stereocenters. The normalized spacial score (nSPS) is 19.3. The summed E-state index contributed by atoms with van der Waals surface area (Å²) in [6, 6.07) is 11.9. The van der Waals surface area contributed by atoms with Gasteiger partial charge in [-0.3, -0.25) is 0 Å². The molecule has 1 saturated carbocycles. The van der Waals surface area contributed by atoms with E-state index in [2.05, 4.69) is 54.5 Å². The van der Waals surface area contributed by atoms with Gasteiger partial charge < -0.3 is 10.2 Å². The number of hydrogen-bond donors (Lipinski definition) is 1. The first-order valence-electron chi connectivity index (χ1n) is 6.65. The summed E-state index contributed by atoms with van der Waals surface area (Å²) in [4.78, 5) is 2.49. The van der Waals surface area contributed by atoms with E-state index in [0.29, 0.717) is 6.04 Å². The van der Waals surface area contributed by atoms with E-state index in [0.717, 1.165) is 18.5 Å². The van der Waals surface area contributed by atoms with Crippen LogP contribution in [-0.4, -0.2) is 31.6 Å². The highest BCUT2D eigenvalue weighted by molar-refractivity contribution is 5.19. The maximum Gasteiger partial charge on any atom is 0.0446 e. The smallest absolute Gasteiger partial charge is 0.0446 e. The van der Waals surface area contributed by atoms with Gasteiger partial charge in [-0.15, -0.1) is 0 Å². The SMILES string of the molecule is CNC(CN(C)C(C)C1CC1)c1ccccc1. The average Bonchev–Trinajstić information content (AvgIpc) is 3.20. The Morgan fingerprint density at radius 3 is 2.47 bits per heavy atom. The highest BCUT2D eigenvalue weighted by Gasteiger charge is 2.31. The van der Waals surface area contributed by atoms with E-state index in [4.69, 9.17) is 0 Å². The van der Waals surface area contributed by atoms with Crippen molar-refractivity contribution in [2.24, 2.45) is 5.92 Å². The van der Waals surface area contributed by atoms with Crippen LogP contribution in [0.25, 0.3) is 0 Å². The first-order chi connectivity index (χ1) is 8.22. The number of nitrogens with zero attached hydrogens (tertiary/aromatic N) is 1. The minimum atomic E-state index is 0.433. The minimum absolute atomic E-state index is 0.433. The topological polar surface area (TPSA) is 15.3 Å². The van der Waals surface area contributed by atoms with Crippen LogP contribution in [0.2, 0.25) is 0 Å². The minimum Gasteiger partial charge on any atom is -0.312 e. The fourth-order valence-corrected chi connectivity index (χ4v) is 2.44. The van der Waals surface area contributed by atoms with Crippen LogP contribution in [0.1, 0.15) is 31.4 Å². The second-order valence-corrected chi connectivity index (χ2v) is 5.27. The lowest BCUT2D eigenvalue weighted by atomic mass is 10.1. The number of rotatable bonds is 6. The Labute approximate surface area is 105 Å². The van der Waals surface area contributed by atoms with Gasteiger partial charge in [0.25, 0.3) is 0 Å². The number of benzene rings is 1. The summed E-state index contributed by atoms with van der Waals surface area (Å²) in [5, 5.41) is 3.42. The predicted octanol–water partition coefficient (Wildman–Crippen LogP) is 2.68. The van der Waals surface area contributed by atoms with E-state index in [1.165, 1.54) is 18.4 Å². The third-order valence-electron chi connectivity index (χ3n) is 4.02. The molecule has 0 aliphatic heterocycles. The molecule has 1 aliphatic rings. The Morgan fingerprint density at radius 2 is 1.94 bits per heavy atom. The summed E-state index contributed by atoms with van der Waals surface area (Å²) in [5.74, 6) is 0.938. The van der Waals surface area contributed by atoms with Crippen LogP contribution in [0.3, 0.4) is 0 Å². The lowest BCUT2D eigenvalue weighted by molar-refractivity contribution is 0.213. The van der Waals surface area contributed by atoms with Crippen molar-refractivity contribution in [3.63, 3.8) is 0 Å². The van der Waals surface area contributed by atoms with Crippen LogP contribution in [-0.2, 0) is 0 Å². The number of likely N-dealkylation sites (N-methyl/N-ethyl adjacent to an activating group) is 2. The Morgan fingerprint density at radius 1 is 1.29 bits per heavy atom. The van der Waals surface area contributed by atoms with Gasteiger partial charge in [-0.2, -0.15) is 0 Å². The molecule has 0 bridgehead atoms. The van der Waals surface area contributed by atoms with Crippen molar-refractivity contribution in [2.45, 2.75) is 31.8 Å². The van der Waals surface area contributed by atoms with Gasteiger partial charge in [0.1, 0.15) is 0 Å². The Kier molecular flexibility index (Phi) is 4.19. The molecular formula is C15H24N2. The zero-order chi connectivity index (χ0) is 12.3. The van der Waals surface area contributed by atoms with E-state index in [9.17, 15) is 0 Å². The molecule has 2 rings (SSSR count). The molecule has 1 fully saturated rings. The lowest BCUT2D eigenvalue weighted by Gasteiger charge is -2.29. The molecule has 1 aromatic carbocycles. The van der Waals surface area contributed by atoms with Gasteiger partial charge in [0.15, 0.2) is 0 Å². The molecule has 0 amide bonds. The van der Waals surface area contributed by atoms with Crippen LogP contribution in [0.5, 0.6) is 0 Å². The Balaban J connectivity index is 1.95. The van der Waals surface area contributed by atoms with Crippen molar-refractivity contribution in [1.29, 1.82) is 0 Å². The molecule has 0 saturated heterocycles. The van der Waals surface area contributed by atoms with E-state index in [-0.39, 0.29) is 0 Å². The molecule has 0 radical (unpaired) electrons. The van der Waals surface area contributed by atoms with Crippen LogP contribution in [0, 0.1) is 5.92 Å². The molecule has 0 heterocycles. The lowest BCUT2D eigenvalue weighted by Crippen LogP contribution is -2.37. The summed E-state index contributed by atoms with van der Waals surface area (Å²) < 4.78 is 0. The van der Waals surface area contributed by atoms with E-state index in [1.807, 2.05) is 7.05 Å². The maximum absolute atomic E-state index is 3.42. The van der Waals surface area contributed by atoms with Gasteiger partial charge in [-0.05, 0) is 45.3 Å². The van der Waals surface area contributed by atoms with Crippen LogP contribution in [0.4, 0.5) is 0 Å². The highest BCUT2D eigenvalue weighted by atomic mass is 15.2. The highest BCUT2D eigenvalue weighted by Crippen LogP contribution is 2.35. The molecular weight excluding hydrogens is 208 g/mol. The molecule has 2 unspecified atom stereocenters. The van der Waals surface area contributed by atoms with Crippen LogP contribution < -0.4 is 5.32 Å². The zero-order valence-corrected chi connectivity index (χ0v) is 11.2. The molecule has 0 spiro atoms. The molecule has 0 aromatic heterocycles. The molecule has 2 heteroatoms. The predicted molar refractivity (Wildman–Crippen MR) is 73.1 cm³/mol. The summed E-state index contributed by atoms with van der Waals surface area (Å²) in [7, 11) is 4.30. The molecule has 94 valence electrons. The summed E-state index contributed by atoms with van der Waals surface area (Å²) in [6.07, 6.45) is 2.84. The molecule has 1 aromatic rings. The van der Waals surface area contributed by atoms with Crippen molar-refractivity contribution in [3.8, 4) is 0 Å². The van der Waals surface area contributed by atoms with Crippen molar-refractivity contribution in [1.82, 2.24) is 10.2 Å². The Hall–Kier alpha value is -0.860. The second kappa shape index (κ2) is 5.65. The van der Waals surface area contributed by atoms with E-state index >= 15 is 0 Å². The summed E-state index contributed by atoms with van der Waals surface area (Å²) in [6.45, 7) is 3.44. The molecule has 17 heavy (non-hydrogen) atoms. The first-order valence-corrected chi connectivity index (χ1v) is 6.65. The van der Waals surface area contributed by atoms with E-state index in [1.54, 1.807) is 0 Å². The fraction of sp³-hybridized carbons (Fsp3) is 0.600. The van der Waals surface area contributed by atoms with Crippen molar-refractivity contribution in [3.05, 3.63) is 35.9 Å². The van der Waals surface area contributed by atoms with Crippen molar-refractivity contribution < 1.29 is 0 Å². The Bertz CT molecular complexity index is 332. The fourth-order valence-electron chi connectivity index (χ4n) is 2.44. The monoisotopic (exact) mass is 232 g/mol. The second-order valence-electron chi connectivity index (χ2n) is 5.27. The van der Waals surface area contributed by atoms with Crippen molar-refractivity contribution in [2.75, 3.05) is 20.6 Å². The van der Waals surface area contributed by atoms with Gasteiger partial charge in [0.05, 0.1) is 0 Å². The number of nitrogens with one attached hydrogen (secondary N) is 1. The van der Waals surface area contributed by atoms with Crippen molar-refractivity contribution >= 4 is 0 Å². The van der Waals surface area contributed by atoms with Gasteiger partial charge in [0, 0.05) is 18.6 Å². The summed E-state index contributed by atoms with van der Waals surface area (Å²) in [5.41, 5.74) is 1.38. The van der Waals surface area contributed by atoms with Gasteiger partial charge in [-0.25, -0.2) is 0 Å². The molecule has 1 N–H and O–H groups in total. The van der Waals surface area contributed by atoms with Crippen LogP contribution in [0.15, 0.2) is 30.3 Å². The third kappa shape index (κ3) is 3.30. The largest absolute Gasteiger partial charge is 0.312 e. The average molecular weight is 232 g/mol. The standard InChI is InChI=1S/C15H24N2/c1-12(13-9-10-13)17(3)11-15(16-2)14-7-5-4-6-8-14/h4-8,12-13,15-16H,9-11H2,1-3H3. The third-order valence-corrected chi connectivity index (χ3v) is 4.02. The summed E-state index contributed by atoms with van der Waals surface area (Å²) >= 11 is 0. The molecule has 1 aliphatic carbocycles. The first kappa shape index (κ1) is 12.6. The molecule has 2 nitrogen and oxygen atoms in total. The van der Waals surface area contributed by atoms with Gasteiger partial charge in [0.2, 0.25) is 0 Å². The quantitative estimate of drug-likeness (QED) is 0.811. The van der Waals surface area contributed by atoms with Gasteiger partial charge >= 0.3 is 0 Å². The zero-order valence-electron chi connectivity index (χ0n) is 11.2. The maximum atomic E-state index is 3.42.